The average molecular weight is 486 g/mol. The lowest BCUT2D eigenvalue weighted by Gasteiger charge is -2.18. The van der Waals surface area contributed by atoms with Crippen LogP contribution in [-0.4, -0.2) is 52.3 Å². The van der Waals surface area contributed by atoms with Gasteiger partial charge in [0, 0.05) is 30.4 Å². The number of rotatable bonds is 15. The van der Waals surface area contributed by atoms with E-state index in [2.05, 4.69) is 89.3 Å². The molecule has 0 spiro atoms. The number of aromatic amines is 1. The molecule has 0 saturated heterocycles. The van der Waals surface area contributed by atoms with Crippen LogP contribution in [0.2, 0.25) is 0 Å². The first-order chi connectivity index (χ1) is 16.7. The molecule has 0 aliphatic heterocycles. The molecule has 0 unspecified atom stereocenters. The molecule has 0 amide bonds. The highest BCUT2D eigenvalue weighted by atomic mass is 16.5. The Balaban J connectivity index is 2.04. The number of anilines is 1. The van der Waals surface area contributed by atoms with E-state index < -0.39 is 0 Å². The third kappa shape index (κ3) is 9.86. The highest BCUT2D eigenvalue weighted by Gasteiger charge is 2.09. The molecule has 6 N–H and O–H groups in total. The van der Waals surface area contributed by atoms with Gasteiger partial charge in [-0.2, -0.15) is 5.10 Å². The zero-order valence-electron chi connectivity index (χ0n) is 22.1. The predicted octanol–water partition coefficient (Wildman–Crippen LogP) is 3.84. The number of nitrogens with one attached hydrogen (secondary N) is 4. The lowest BCUT2D eigenvalue weighted by Crippen LogP contribution is -2.30. The molecule has 0 fully saturated rings. The molecule has 2 aromatic heterocycles. The minimum absolute atomic E-state index is 0.313. The number of hydrogen-bond acceptors (Lipinski definition) is 8. The molecule has 0 radical (unpaired) electrons. The maximum atomic E-state index is 6.25. The van der Waals surface area contributed by atoms with Crippen molar-refractivity contribution in [3.05, 3.63) is 53.6 Å². The van der Waals surface area contributed by atoms with Gasteiger partial charge in [0.1, 0.15) is 17.5 Å². The van der Waals surface area contributed by atoms with Gasteiger partial charge in [0.05, 0.1) is 12.2 Å². The molecule has 2 rings (SSSR count). The van der Waals surface area contributed by atoms with Crippen molar-refractivity contribution >= 4 is 11.7 Å². The number of amidine groups is 1. The minimum Gasteiger partial charge on any atom is -0.385 e. The van der Waals surface area contributed by atoms with Crippen molar-refractivity contribution in [1.29, 1.82) is 0 Å². The van der Waals surface area contributed by atoms with E-state index in [1.807, 2.05) is 12.1 Å². The smallest absolute Gasteiger partial charge is 0.156 e. The van der Waals surface area contributed by atoms with Crippen LogP contribution in [0.25, 0.3) is 0 Å². The third-order valence-corrected chi connectivity index (χ3v) is 5.53. The van der Waals surface area contributed by atoms with Gasteiger partial charge in [-0.1, -0.05) is 53.3 Å². The second kappa shape index (κ2) is 14.2. The second-order valence-electron chi connectivity index (χ2n) is 9.07. The molecule has 10 heteroatoms. The molecule has 2 heterocycles. The zero-order chi connectivity index (χ0) is 25.8. The normalized spacial score (nSPS) is 12.6. The molecule has 0 bridgehead atoms. The van der Waals surface area contributed by atoms with Gasteiger partial charge in [-0.05, 0) is 37.9 Å². The van der Waals surface area contributed by atoms with Gasteiger partial charge in [0.2, 0.25) is 0 Å². The third-order valence-electron chi connectivity index (χ3n) is 5.53. The molecule has 2 aromatic rings. The number of nitrogens with zero attached hydrogens (tertiary/aromatic N) is 4. The first kappa shape index (κ1) is 28.0. The Hall–Kier alpha value is -3.27. The summed E-state index contributed by atoms with van der Waals surface area (Å²) < 4.78 is 5.38. The Kier molecular flexibility index (Phi) is 11.4. The van der Waals surface area contributed by atoms with Crippen molar-refractivity contribution in [2.24, 2.45) is 10.7 Å². The van der Waals surface area contributed by atoms with E-state index in [0.717, 1.165) is 49.7 Å². The maximum absolute atomic E-state index is 6.25. The lowest BCUT2D eigenvalue weighted by molar-refractivity contribution is 0.300. The summed E-state index contributed by atoms with van der Waals surface area (Å²) in [5, 5.41) is 21.0. The molecule has 0 saturated carbocycles. The molecule has 0 atom stereocenters. The summed E-state index contributed by atoms with van der Waals surface area (Å²) in [6, 6.07) is 3.89. The summed E-state index contributed by atoms with van der Waals surface area (Å²) in [6.07, 6.45) is 2.73. The van der Waals surface area contributed by atoms with E-state index in [0.29, 0.717) is 41.7 Å². The molecule has 0 aliphatic carbocycles. The Bertz CT molecular complexity index is 967. The fraction of sp³-hybridized carbons (Fsp3) is 0.560. The fourth-order valence-electron chi connectivity index (χ4n) is 3.27. The molecule has 35 heavy (non-hydrogen) atoms. The molecule has 0 aromatic carbocycles. The molecular weight excluding hydrogens is 442 g/mol. The minimum atomic E-state index is 0.313. The number of aliphatic imine (C=N–C) groups is 1. The van der Waals surface area contributed by atoms with Crippen LogP contribution in [0, 0.1) is 0 Å². The van der Waals surface area contributed by atoms with Crippen molar-refractivity contribution in [2.75, 3.05) is 31.5 Å². The van der Waals surface area contributed by atoms with Gasteiger partial charge in [-0.25, -0.2) is 4.99 Å². The SMILES string of the molecule is C=C(/N=C(\C=C(/N)Nc1cc(C(C)C)[nH]n1)NCCCN(CC)CC)NCc1cc(C(C)C)no1. The number of nitrogens with two attached hydrogens (primary N) is 1. The van der Waals surface area contributed by atoms with Gasteiger partial charge >= 0.3 is 0 Å². The highest BCUT2D eigenvalue weighted by Crippen LogP contribution is 2.15. The van der Waals surface area contributed by atoms with E-state index in [1.165, 1.54) is 0 Å². The summed E-state index contributed by atoms with van der Waals surface area (Å²) in [5.41, 5.74) is 8.21. The first-order valence-corrected chi connectivity index (χ1v) is 12.4. The van der Waals surface area contributed by atoms with Gasteiger partial charge in [0.25, 0.3) is 0 Å². The number of hydrogen-bond donors (Lipinski definition) is 5. The molecular formula is C25H43N9O. The van der Waals surface area contributed by atoms with Crippen LogP contribution in [0.4, 0.5) is 5.82 Å². The second-order valence-corrected chi connectivity index (χ2v) is 9.07. The highest BCUT2D eigenvalue weighted by molar-refractivity contribution is 5.94. The zero-order valence-corrected chi connectivity index (χ0v) is 22.1. The monoisotopic (exact) mass is 485 g/mol. The molecule has 10 nitrogen and oxygen atoms in total. The standard InChI is InChI=1S/C25H43N9O/c1-8-34(9-2)12-10-11-27-24(15-23(26)30-25-14-21(17(3)4)31-32-25)29-19(7)28-16-20-13-22(18(5)6)33-35-20/h13-15,17-18,28H,7-12,16,26H2,1-6H3,(H,27,29)(H2,30,31,32)/b23-15+. The Morgan fingerprint density at radius 1 is 1.20 bits per heavy atom. The Morgan fingerprint density at radius 2 is 1.94 bits per heavy atom. The molecule has 0 aliphatic rings. The average Bonchev–Trinajstić information content (AvgIpc) is 3.47. The summed E-state index contributed by atoms with van der Waals surface area (Å²) >= 11 is 0. The van der Waals surface area contributed by atoms with Gasteiger partial charge in [-0.15, -0.1) is 0 Å². The Labute approximate surface area is 209 Å². The van der Waals surface area contributed by atoms with Crippen molar-refractivity contribution in [1.82, 2.24) is 30.9 Å². The number of aromatic nitrogens is 3. The summed E-state index contributed by atoms with van der Waals surface area (Å²) in [5.74, 6) is 3.57. The Morgan fingerprint density at radius 3 is 2.54 bits per heavy atom. The largest absolute Gasteiger partial charge is 0.385 e. The number of H-pyrrole nitrogens is 1. The first-order valence-electron chi connectivity index (χ1n) is 12.4. The predicted molar refractivity (Wildman–Crippen MR) is 143 cm³/mol. The maximum Gasteiger partial charge on any atom is 0.156 e. The van der Waals surface area contributed by atoms with Gasteiger partial charge in [-0.3, -0.25) is 5.10 Å². The quantitative estimate of drug-likeness (QED) is 0.146. The summed E-state index contributed by atoms with van der Waals surface area (Å²) in [6.45, 7) is 21.0. The van der Waals surface area contributed by atoms with Crippen LogP contribution < -0.4 is 21.7 Å². The van der Waals surface area contributed by atoms with E-state index >= 15 is 0 Å². The van der Waals surface area contributed by atoms with Crippen molar-refractivity contribution in [3.63, 3.8) is 0 Å². The van der Waals surface area contributed by atoms with Crippen LogP contribution in [0.15, 0.2) is 45.9 Å². The van der Waals surface area contributed by atoms with Crippen molar-refractivity contribution in [2.45, 2.75) is 66.3 Å². The van der Waals surface area contributed by atoms with Crippen LogP contribution in [0.5, 0.6) is 0 Å². The van der Waals surface area contributed by atoms with E-state index in [1.54, 1.807) is 6.08 Å². The van der Waals surface area contributed by atoms with E-state index in [9.17, 15) is 0 Å². The lowest BCUT2D eigenvalue weighted by atomic mass is 10.1. The summed E-state index contributed by atoms with van der Waals surface area (Å²) in [4.78, 5) is 6.99. The van der Waals surface area contributed by atoms with Crippen LogP contribution in [0.3, 0.4) is 0 Å². The fourth-order valence-corrected chi connectivity index (χ4v) is 3.27. The van der Waals surface area contributed by atoms with Crippen molar-refractivity contribution in [3.8, 4) is 0 Å². The van der Waals surface area contributed by atoms with E-state index in [4.69, 9.17) is 10.3 Å². The summed E-state index contributed by atoms with van der Waals surface area (Å²) in [7, 11) is 0. The van der Waals surface area contributed by atoms with Gasteiger partial charge in [0.15, 0.2) is 11.6 Å². The van der Waals surface area contributed by atoms with Crippen molar-refractivity contribution < 1.29 is 4.52 Å². The van der Waals surface area contributed by atoms with Crippen LogP contribution in [-0.2, 0) is 6.54 Å². The van der Waals surface area contributed by atoms with Crippen LogP contribution in [0.1, 0.15) is 76.9 Å². The topological polar surface area (TPSA) is 132 Å². The van der Waals surface area contributed by atoms with Crippen LogP contribution >= 0.6 is 0 Å². The van der Waals surface area contributed by atoms with Gasteiger partial charge < -0.3 is 31.1 Å². The molecule has 194 valence electrons. The van der Waals surface area contributed by atoms with E-state index in [-0.39, 0.29) is 0 Å².